The Kier molecular flexibility index (Phi) is 5.02. The molecule has 2 atom stereocenters. The number of phenols is 1. The lowest BCUT2D eigenvalue weighted by atomic mass is 10.0. The molecule has 0 aliphatic carbocycles. The molecule has 6 heteroatoms. The Morgan fingerprint density at radius 1 is 1.12 bits per heavy atom. The first-order chi connectivity index (χ1) is 12.1. The number of hydrogen-bond acceptors (Lipinski definition) is 4. The fourth-order valence-electron chi connectivity index (χ4n) is 2.82. The third kappa shape index (κ3) is 3.81. The maximum Gasteiger partial charge on any atom is 0.253 e. The highest BCUT2D eigenvalue weighted by atomic mass is 16.3. The minimum atomic E-state index is -1.33. The van der Waals surface area contributed by atoms with Crippen LogP contribution >= 0.6 is 0 Å². The number of aliphatic hydroxyl groups is 2. The summed E-state index contributed by atoms with van der Waals surface area (Å²) in [6, 6.07) is 13.4. The molecule has 1 heterocycles. The molecule has 3 aromatic rings. The Balaban J connectivity index is 1.70. The summed E-state index contributed by atoms with van der Waals surface area (Å²) in [6.45, 7) is -0.257. The van der Waals surface area contributed by atoms with E-state index in [-0.39, 0.29) is 12.4 Å². The third-order valence-corrected chi connectivity index (χ3v) is 4.15. The van der Waals surface area contributed by atoms with Crippen molar-refractivity contribution in [2.24, 2.45) is 0 Å². The fourth-order valence-corrected chi connectivity index (χ4v) is 2.82. The Hall–Kier alpha value is -2.83. The first-order valence-electron chi connectivity index (χ1n) is 8.01. The highest BCUT2D eigenvalue weighted by Crippen LogP contribution is 2.24. The van der Waals surface area contributed by atoms with E-state index in [0.717, 1.165) is 16.5 Å². The number of aromatic hydroxyl groups is 1. The number of carbonyl (C=O) groups is 1. The van der Waals surface area contributed by atoms with Gasteiger partial charge in [0.25, 0.3) is 5.91 Å². The lowest BCUT2D eigenvalue weighted by molar-refractivity contribution is -0.130. The van der Waals surface area contributed by atoms with Gasteiger partial charge in [-0.1, -0.05) is 30.3 Å². The van der Waals surface area contributed by atoms with Crippen molar-refractivity contribution < 1.29 is 20.1 Å². The van der Waals surface area contributed by atoms with Gasteiger partial charge in [0.1, 0.15) is 5.75 Å². The van der Waals surface area contributed by atoms with E-state index in [0.29, 0.717) is 12.0 Å². The number of phenolic OH excluding ortho intramolecular Hbond substituents is 1. The Morgan fingerprint density at radius 3 is 2.56 bits per heavy atom. The van der Waals surface area contributed by atoms with Crippen LogP contribution in [0.3, 0.4) is 0 Å². The summed E-state index contributed by atoms with van der Waals surface area (Å²) in [5, 5.41) is 32.7. The minimum absolute atomic E-state index is 0.156. The molecule has 0 aliphatic rings. The Labute approximate surface area is 144 Å². The second kappa shape index (κ2) is 7.38. The molecule has 6 nitrogen and oxygen atoms in total. The number of para-hydroxylation sites is 1. The van der Waals surface area contributed by atoms with Crippen molar-refractivity contribution in [2.75, 3.05) is 6.61 Å². The van der Waals surface area contributed by atoms with Crippen LogP contribution in [0.5, 0.6) is 5.75 Å². The normalized spacial score (nSPS) is 13.5. The summed E-state index contributed by atoms with van der Waals surface area (Å²) in [7, 11) is 0. The molecule has 1 unspecified atom stereocenters. The number of fused-ring (bicyclic) bond motifs is 1. The summed E-state index contributed by atoms with van der Waals surface area (Å²) in [5.74, 6) is -0.411. The van der Waals surface area contributed by atoms with E-state index in [1.54, 1.807) is 30.5 Å². The molecule has 0 aliphatic heterocycles. The highest BCUT2D eigenvalue weighted by Gasteiger charge is 2.23. The van der Waals surface area contributed by atoms with Crippen LogP contribution in [0.25, 0.3) is 10.9 Å². The molecule has 3 rings (SSSR count). The average Bonchev–Trinajstić information content (AvgIpc) is 3.06. The zero-order valence-electron chi connectivity index (χ0n) is 13.5. The lowest BCUT2D eigenvalue weighted by Gasteiger charge is -2.19. The molecule has 1 aromatic heterocycles. The smallest absolute Gasteiger partial charge is 0.253 e. The van der Waals surface area contributed by atoms with Gasteiger partial charge in [-0.15, -0.1) is 0 Å². The molecule has 1 amide bonds. The number of aromatic nitrogens is 1. The van der Waals surface area contributed by atoms with Crippen LogP contribution in [-0.4, -0.2) is 38.9 Å². The van der Waals surface area contributed by atoms with Crippen LogP contribution in [0.15, 0.2) is 54.7 Å². The SMILES string of the molecule is O=C(N[C@H](CO)Cc1ccc(O)cc1)C(O)c1c[nH]c2ccccc12. The number of rotatable bonds is 6. The van der Waals surface area contributed by atoms with Crippen LogP contribution in [-0.2, 0) is 11.2 Å². The molecule has 2 aromatic carbocycles. The molecule has 0 saturated heterocycles. The predicted molar refractivity (Wildman–Crippen MR) is 94.1 cm³/mol. The Morgan fingerprint density at radius 2 is 1.84 bits per heavy atom. The number of carbonyl (C=O) groups excluding carboxylic acids is 1. The van der Waals surface area contributed by atoms with Crippen molar-refractivity contribution >= 4 is 16.8 Å². The Bertz CT molecular complexity index is 857. The van der Waals surface area contributed by atoms with Crippen molar-refractivity contribution in [1.29, 1.82) is 0 Å². The maximum absolute atomic E-state index is 12.4. The fraction of sp³-hybridized carbons (Fsp3) is 0.211. The van der Waals surface area contributed by atoms with E-state index < -0.39 is 18.1 Å². The van der Waals surface area contributed by atoms with Crippen molar-refractivity contribution in [1.82, 2.24) is 10.3 Å². The van der Waals surface area contributed by atoms with Gasteiger partial charge in [0.05, 0.1) is 12.6 Å². The molecular formula is C19H20N2O4. The van der Waals surface area contributed by atoms with E-state index in [2.05, 4.69) is 10.3 Å². The number of aromatic amines is 1. The van der Waals surface area contributed by atoms with Gasteiger partial charge in [0, 0.05) is 22.7 Å². The quantitative estimate of drug-likeness (QED) is 0.470. The van der Waals surface area contributed by atoms with Gasteiger partial charge in [0.15, 0.2) is 6.10 Å². The highest BCUT2D eigenvalue weighted by molar-refractivity contribution is 5.91. The topological polar surface area (TPSA) is 106 Å². The number of aliphatic hydroxyl groups excluding tert-OH is 2. The molecule has 0 spiro atoms. The van der Waals surface area contributed by atoms with Crippen LogP contribution in [0.4, 0.5) is 0 Å². The van der Waals surface area contributed by atoms with E-state index >= 15 is 0 Å². The van der Waals surface area contributed by atoms with Crippen LogP contribution in [0, 0.1) is 0 Å². The second-order valence-electron chi connectivity index (χ2n) is 5.95. The number of H-pyrrole nitrogens is 1. The van der Waals surface area contributed by atoms with Crippen molar-refractivity contribution in [3.05, 3.63) is 65.9 Å². The maximum atomic E-state index is 12.4. The first-order valence-corrected chi connectivity index (χ1v) is 8.01. The summed E-state index contributed by atoms with van der Waals surface area (Å²) in [5.41, 5.74) is 2.19. The molecule has 0 fully saturated rings. The molecule has 0 saturated carbocycles. The number of amides is 1. The summed E-state index contributed by atoms with van der Waals surface area (Å²) < 4.78 is 0. The lowest BCUT2D eigenvalue weighted by Crippen LogP contribution is -2.41. The monoisotopic (exact) mass is 340 g/mol. The minimum Gasteiger partial charge on any atom is -0.508 e. The van der Waals surface area contributed by atoms with Crippen LogP contribution in [0.2, 0.25) is 0 Å². The zero-order chi connectivity index (χ0) is 17.8. The molecular weight excluding hydrogens is 320 g/mol. The molecule has 25 heavy (non-hydrogen) atoms. The second-order valence-corrected chi connectivity index (χ2v) is 5.95. The molecule has 0 radical (unpaired) electrons. The number of benzene rings is 2. The van der Waals surface area contributed by atoms with Gasteiger partial charge in [-0.2, -0.15) is 0 Å². The summed E-state index contributed by atoms with van der Waals surface area (Å²) >= 11 is 0. The van der Waals surface area contributed by atoms with E-state index in [9.17, 15) is 20.1 Å². The predicted octanol–water partition coefficient (Wildman–Crippen LogP) is 1.63. The largest absolute Gasteiger partial charge is 0.508 e. The van der Waals surface area contributed by atoms with Gasteiger partial charge in [-0.05, 0) is 30.2 Å². The van der Waals surface area contributed by atoms with Crippen molar-refractivity contribution in [3.8, 4) is 5.75 Å². The van der Waals surface area contributed by atoms with Crippen LogP contribution < -0.4 is 5.32 Å². The van der Waals surface area contributed by atoms with Gasteiger partial charge >= 0.3 is 0 Å². The van der Waals surface area contributed by atoms with Gasteiger partial charge < -0.3 is 25.6 Å². The van der Waals surface area contributed by atoms with Gasteiger partial charge in [-0.3, -0.25) is 4.79 Å². The van der Waals surface area contributed by atoms with E-state index in [4.69, 9.17) is 0 Å². The van der Waals surface area contributed by atoms with Crippen molar-refractivity contribution in [2.45, 2.75) is 18.6 Å². The average molecular weight is 340 g/mol. The van der Waals surface area contributed by atoms with Crippen molar-refractivity contribution in [3.63, 3.8) is 0 Å². The molecule has 0 bridgehead atoms. The number of nitrogens with one attached hydrogen (secondary N) is 2. The standard InChI is InChI=1S/C19H20N2O4/c22-11-13(9-12-5-7-14(23)8-6-12)21-19(25)18(24)16-10-20-17-4-2-1-3-15(16)17/h1-8,10,13,18,20,22-24H,9,11H2,(H,21,25)/t13-,18?/m0/s1. The molecule has 130 valence electrons. The zero-order valence-corrected chi connectivity index (χ0v) is 13.5. The van der Waals surface area contributed by atoms with E-state index in [1.165, 1.54) is 0 Å². The summed E-state index contributed by atoms with van der Waals surface area (Å²) in [4.78, 5) is 15.4. The summed E-state index contributed by atoms with van der Waals surface area (Å²) in [6.07, 6.45) is 0.677. The third-order valence-electron chi connectivity index (χ3n) is 4.15. The number of hydrogen-bond donors (Lipinski definition) is 5. The van der Waals surface area contributed by atoms with Gasteiger partial charge in [0.2, 0.25) is 0 Å². The van der Waals surface area contributed by atoms with Crippen LogP contribution in [0.1, 0.15) is 17.2 Å². The first kappa shape index (κ1) is 17.0. The van der Waals surface area contributed by atoms with E-state index in [1.807, 2.05) is 24.3 Å². The van der Waals surface area contributed by atoms with Gasteiger partial charge in [-0.25, -0.2) is 0 Å². The molecule has 5 N–H and O–H groups in total.